The van der Waals surface area contributed by atoms with Crippen LogP contribution in [0, 0.1) is 0 Å². The molecule has 36 heavy (non-hydrogen) atoms. The molecule has 0 aliphatic rings. The van der Waals surface area contributed by atoms with E-state index < -0.39 is 11.2 Å². The number of aromatic amines is 2. The molecule has 3 heterocycles. The molecule has 3 aromatic heterocycles. The first-order valence-electron chi connectivity index (χ1n) is 12.2. The maximum absolute atomic E-state index is 12.9. The van der Waals surface area contributed by atoms with Crippen molar-refractivity contribution in [1.82, 2.24) is 39.7 Å². The Morgan fingerprint density at radius 2 is 1.69 bits per heavy atom. The molecule has 0 aliphatic carbocycles. The smallest absolute Gasteiger partial charge is 0.318 e. The van der Waals surface area contributed by atoms with Gasteiger partial charge in [-0.15, -0.1) is 10.2 Å². The van der Waals surface area contributed by atoms with Crippen molar-refractivity contribution in [3.63, 3.8) is 0 Å². The Bertz CT molecular complexity index is 1590. The highest BCUT2D eigenvalue weighted by Crippen LogP contribution is 2.30. The van der Waals surface area contributed by atoms with Gasteiger partial charge >= 0.3 is 5.69 Å². The summed E-state index contributed by atoms with van der Waals surface area (Å²) in [6.45, 7) is 5.11. The molecule has 0 amide bonds. The molecular formula is C26H28N8O2. The molecule has 2 N–H and O–H groups in total. The van der Waals surface area contributed by atoms with Gasteiger partial charge in [0.25, 0.3) is 5.56 Å². The van der Waals surface area contributed by atoms with Crippen LogP contribution in [0.3, 0.4) is 0 Å². The third-order valence-electron chi connectivity index (χ3n) is 6.28. The number of H-pyrrole nitrogens is 2. The maximum Gasteiger partial charge on any atom is 0.330 e. The highest BCUT2D eigenvalue weighted by atomic mass is 16.2. The second kappa shape index (κ2) is 10.1. The number of aromatic nitrogens is 8. The molecule has 0 aliphatic heterocycles. The van der Waals surface area contributed by atoms with Crippen molar-refractivity contribution in [2.45, 2.75) is 52.6 Å². The summed E-state index contributed by atoms with van der Waals surface area (Å²) in [6.07, 6.45) is 3.47. The van der Waals surface area contributed by atoms with Crippen molar-refractivity contribution in [3.8, 4) is 22.5 Å². The number of nitrogens with zero attached hydrogens (tertiary/aromatic N) is 6. The molecule has 0 radical (unpaired) electrons. The van der Waals surface area contributed by atoms with E-state index in [2.05, 4.69) is 44.7 Å². The topological polar surface area (TPSA) is 127 Å². The number of tetrazole rings is 1. The summed E-state index contributed by atoms with van der Waals surface area (Å²) >= 11 is 0. The minimum absolute atomic E-state index is 0.400. The first kappa shape index (κ1) is 23.4. The zero-order valence-electron chi connectivity index (χ0n) is 20.4. The van der Waals surface area contributed by atoms with Crippen LogP contribution in [0.5, 0.6) is 0 Å². The number of fused-ring (bicyclic) bond motifs is 1. The number of unbranched alkanes of at least 4 members (excludes halogenated alkanes) is 1. The maximum atomic E-state index is 12.9. The van der Waals surface area contributed by atoms with E-state index in [0.29, 0.717) is 30.1 Å². The van der Waals surface area contributed by atoms with Gasteiger partial charge in [-0.2, -0.15) is 5.21 Å². The largest absolute Gasteiger partial charge is 0.330 e. The molecule has 0 atom stereocenters. The van der Waals surface area contributed by atoms with Crippen molar-refractivity contribution >= 4 is 11.2 Å². The Kier molecular flexibility index (Phi) is 6.57. The summed E-state index contributed by atoms with van der Waals surface area (Å²) in [4.78, 5) is 32.6. The molecule has 0 bridgehead atoms. The van der Waals surface area contributed by atoms with E-state index in [1.807, 2.05) is 47.9 Å². The van der Waals surface area contributed by atoms with Gasteiger partial charge in [0.05, 0.1) is 0 Å². The third kappa shape index (κ3) is 4.37. The van der Waals surface area contributed by atoms with E-state index in [1.54, 1.807) is 4.57 Å². The molecule has 0 unspecified atom stereocenters. The summed E-state index contributed by atoms with van der Waals surface area (Å²) in [5.41, 5.74) is 4.04. The predicted octanol–water partition coefficient (Wildman–Crippen LogP) is 3.53. The number of benzene rings is 2. The first-order valence-corrected chi connectivity index (χ1v) is 12.2. The van der Waals surface area contributed by atoms with Gasteiger partial charge in [-0.3, -0.25) is 14.3 Å². The van der Waals surface area contributed by atoms with Crippen molar-refractivity contribution in [2.75, 3.05) is 0 Å². The lowest BCUT2D eigenvalue weighted by Crippen LogP contribution is -2.31. The fraction of sp³-hybridized carbons (Fsp3) is 0.308. The Morgan fingerprint density at radius 3 is 2.39 bits per heavy atom. The van der Waals surface area contributed by atoms with Crippen molar-refractivity contribution in [2.24, 2.45) is 0 Å². The van der Waals surface area contributed by atoms with E-state index in [4.69, 9.17) is 4.98 Å². The second-order valence-electron chi connectivity index (χ2n) is 8.78. The van der Waals surface area contributed by atoms with Gasteiger partial charge in [0.15, 0.2) is 11.2 Å². The monoisotopic (exact) mass is 484 g/mol. The molecule has 184 valence electrons. The van der Waals surface area contributed by atoms with Crippen LogP contribution in [0.15, 0.2) is 58.1 Å². The van der Waals surface area contributed by atoms with Gasteiger partial charge in [0.2, 0.25) is 5.82 Å². The van der Waals surface area contributed by atoms with Gasteiger partial charge in [0, 0.05) is 25.1 Å². The molecule has 0 saturated heterocycles. The average molecular weight is 485 g/mol. The Hall–Kier alpha value is -4.34. The van der Waals surface area contributed by atoms with E-state index in [9.17, 15) is 9.59 Å². The van der Waals surface area contributed by atoms with Crippen LogP contribution >= 0.6 is 0 Å². The average Bonchev–Trinajstić information content (AvgIpc) is 3.55. The fourth-order valence-corrected chi connectivity index (χ4v) is 4.52. The SMILES string of the molecule is CCCCc1nc2c(c(=O)[nH]c(=O)n2CCC)n1Cc1ccc(-c2ccccc2-c2nn[nH]n2)cc1. The van der Waals surface area contributed by atoms with E-state index >= 15 is 0 Å². The predicted molar refractivity (Wildman–Crippen MR) is 138 cm³/mol. The molecule has 0 fully saturated rings. The molecule has 0 spiro atoms. The van der Waals surface area contributed by atoms with Gasteiger partial charge in [0.1, 0.15) is 5.82 Å². The minimum atomic E-state index is -0.411. The standard InChI is InChI=1S/C26H28N8O2/c1-3-5-10-21-27-24-22(25(35)28-26(36)33(24)15-4-2)34(21)16-17-11-13-18(14-12-17)19-8-6-7-9-20(19)23-29-31-32-30-23/h6-9,11-14H,3-5,10,15-16H2,1-2H3,(H,28,35,36)(H,29,30,31,32). The number of aryl methyl sites for hydroxylation is 2. The lowest BCUT2D eigenvalue weighted by Gasteiger charge is -2.11. The number of imidazole rings is 1. The zero-order chi connectivity index (χ0) is 25.1. The zero-order valence-corrected chi connectivity index (χ0v) is 20.4. The summed E-state index contributed by atoms with van der Waals surface area (Å²) in [7, 11) is 0. The molecular weight excluding hydrogens is 456 g/mol. The molecule has 2 aromatic carbocycles. The van der Waals surface area contributed by atoms with Crippen LogP contribution in [-0.2, 0) is 19.5 Å². The normalized spacial score (nSPS) is 11.4. The van der Waals surface area contributed by atoms with Gasteiger partial charge < -0.3 is 4.57 Å². The quantitative estimate of drug-likeness (QED) is 0.329. The molecule has 0 saturated carbocycles. The third-order valence-corrected chi connectivity index (χ3v) is 6.28. The van der Waals surface area contributed by atoms with Gasteiger partial charge in [-0.1, -0.05) is 68.8 Å². The number of rotatable bonds is 9. The summed E-state index contributed by atoms with van der Waals surface area (Å²) in [6, 6.07) is 16.1. The molecule has 5 aromatic rings. The molecule has 10 heteroatoms. The van der Waals surface area contributed by atoms with Crippen molar-refractivity contribution in [3.05, 3.63) is 80.8 Å². The van der Waals surface area contributed by atoms with E-state index in [1.165, 1.54) is 0 Å². The van der Waals surface area contributed by atoms with Crippen LogP contribution in [0.1, 0.15) is 44.5 Å². The van der Waals surface area contributed by atoms with Crippen LogP contribution < -0.4 is 11.2 Å². The minimum Gasteiger partial charge on any atom is -0.318 e. The van der Waals surface area contributed by atoms with Crippen molar-refractivity contribution in [1.29, 1.82) is 0 Å². The lowest BCUT2D eigenvalue weighted by atomic mass is 9.98. The Balaban J connectivity index is 1.54. The number of nitrogens with one attached hydrogen (secondary N) is 2. The lowest BCUT2D eigenvalue weighted by molar-refractivity contribution is 0.651. The second-order valence-corrected chi connectivity index (χ2v) is 8.78. The van der Waals surface area contributed by atoms with Crippen LogP contribution in [0.25, 0.3) is 33.7 Å². The highest BCUT2D eigenvalue weighted by Gasteiger charge is 2.18. The fourth-order valence-electron chi connectivity index (χ4n) is 4.52. The van der Waals surface area contributed by atoms with Crippen LogP contribution in [0.4, 0.5) is 0 Å². The van der Waals surface area contributed by atoms with Gasteiger partial charge in [-0.25, -0.2) is 9.78 Å². The molecule has 5 rings (SSSR count). The number of hydrogen-bond donors (Lipinski definition) is 2. The summed E-state index contributed by atoms with van der Waals surface area (Å²) < 4.78 is 3.53. The van der Waals surface area contributed by atoms with E-state index in [-0.39, 0.29) is 0 Å². The Labute approximate surface area is 207 Å². The Morgan fingerprint density at radius 1 is 0.917 bits per heavy atom. The number of hydrogen-bond acceptors (Lipinski definition) is 6. The van der Waals surface area contributed by atoms with Crippen molar-refractivity contribution < 1.29 is 0 Å². The van der Waals surface area contributed by atoms with Gasteiger partial charge in [-0.05, 0) is 34.7 Å². The highest BCUT2D eigenvalue weighted by molar-refractivity contribution is 5.80. The van der Waals surface area contributed by atoms with Crippen LogP contribution in [0.2, 0.25) is 0 Å². The van der Waals surface area contributed by atoms with E-state index in [0.717, 1.165) is 53.8 Å². The van der Waals surface area contributed by atoms with Crippen LogP contribution in [-0.4, -0.2) is 39.7 Å². The first-order chi connectivity index (χ1) is 17.6. The summed E-state index contributed by atoms with van der Waals surface area (Å²) in [5.74, 6) is 1.36. The summed E-state index contributed by atoms with van der Waals surface area (Å²) in [5, 5.41) is 14.4. The molecule has 10 nitrogen and oxygen atoms in total.